The number of aromatic nitrogens is 4. The molecule has 0 aliphatic rings. The lowest BCUT2D eigenvalue weighted by molar-refractivity contribution is 1.17. The van der Waals surface area contributed by atoms with Gasteiger partial charge in [-0.05, 0) is 35.0 Å². The standard InChI is InChI=1S/C18H12N4/c1-2-6-14-13(5-1)15(17-19-9-3-10-20-17)7-8-16(14)18-21-11-4-12-22-18/h1-12H. The average molecular weight is 284 g/mol. The van der Waals surface area contributed by atoms with Crippen molar-refractivity contribution < 1.29 is 0 Å². The molecule has 2 aromatic heterocycles. The molecular formula is C18H12N4. The molecule has 0 fully saturated rings. The number of hydrogen-bond acceptors (Lipinski definition) is 4. The van der Waals surface area contributed by atoms with Gasteiger partial charge >= 0.3 is 0 Å². The predicted octanol–water partition coefficient (Wildman–Crippen LogP) is 3.75. The van der Waals surface area contributed by atoms with E-state index in [1.165, 1.54) is 0 Å². The Morgan fingerprint density at radius 3 is 1.27 bits per heavy atom. The second-order valence-corrected chi connectivity index (χ2v) is 4.85. The molecular weight excluding hydrogens is 272 g/mol. The van der Waals surface area contributed by atoms with E-state index in [0.29, 0.717) is 0 Å². The Balaban J connectivity index is 2.01. The van der Waals surface area contributed by atoms with E-state index in [2.05, 4.69) is 32.1 Å². The molecule has 4 rings (SSSR count). The first-order valence-corrected chi connectivity index (χ1v) is 7.00. The van der Waals surface area contributed by atoms with Crippen LogP contribution < -0.4 is 0 Å². The lowest BCUT2D eigenvalue weighted by Crippen LogP contribution is -1.92. The zero-order valence-corrected chi connectivity index (χ0v) is 11.7. The first-order chi connectivity index (χ1) is 10.9. The maximum Gasteiger partial charge on any atom is 0.159 e. The Hall–Kier alpha value is -3.14. The molecule has 0 radical (unpaired) electrons. The molecule has 0 saturated heterocycles. The summed E-state index contributed by atoms with van der Waals surface area (Å²) >= 11 is 0. The van der Waals surface area contributed by atoms with E-state index in [1.54, 1.807) is 24.8 Å². The summed E-state index contributed by atoms with van der Waals surface area (Å²) in [4.78, 5) is 17.4. The molecule has 2 heterocycles. The summed E-state index contributed by atoms with van der Waals surface area (Å²) < 4.78 is 0. The smallest absolute Gasteiger partial charge is 0.159 e. The molecule has 0 N–H and O–H groups in total. The van der Waals surface area contributed by atoms with E-state index in [-0.39, 0.29) is 0 Å². The van der Waals surface area contributed by atoms with Gasteiger partial charge in [-0.15, -0.1) is 0 Å². The van der Waals surface area contributed by atoms with Crippen molar-refractivity contribution in [3.8, 4) is 22.8 Å². The maximum absolute atomic E-state index is 4.36. The van der Waals surface area contributed by atoms with Gasteiger partial charge in [0, 0.05) is 35.9 Å². The topological polar surface area (TPSA) is 51.6 Å². The lowest BCUT2D eigenvalue weighted by atomic mass is 9.98. The fourth-order valence-corrected chi connectivity index (χ4v) is 2.57. The maximum atomic E-state index is 4.36. The van der Waals surface area contributed by atoms with Gasteiger partial charge in [-0.25, -0.2) is 19.9 Å². The van der Waals surface area contributed by atoms with Crippen molar-refractivity contribution in [2.24, 2.45) is 0 Å². The van der Waals surface area contributed by atoms with Gasteiger partial charge in [-0.2, -0.15) is 0 Å². The number of rotatable bonds is 2. The largest absolute Gasteiger partial charge is 0.237 e. The van der Waals surface area contributed by atoms with Crippen LogP contribution in [0.2, 0.25) is 0 Å². The Morgan fingerprint density at radius 1 is 0.455 bits per heavy atom. The molecule has 0 spiro atoms. The summed E-state index contributed by atoms with van der Waals surface area (Å²) in [6.45, 7) is 0. The van der Waals surface area contributed by atoms with Gasteiger partial charge in [0.2, 0.25) is 0 Å². The summed E-state index contributed by atoms with van der Waals surface area (Å²) in [5.74, 6) is 1.44. The third-order valence-corrected chi connectivity index (χ3v) is 3.54. The van der Waals surface area contributed by atoms with E-state index in [4.69, 9.17) is 0 Å². The third kappa shape index (κ3) is 2.11. The summed E-state index contributed by atoms with van der Waals surface area (Å²) in [6.07, 6.45) is 7.02. The molecule has 0 unspecified atom stereocenters. The van der Waals surface area contributed by atoms with Crippen LogP contribution in [-0.2, 0) is 0 Å². The number of fused-ring (bicyclic) bond motifs is 1. The van der Waals surface area contributed by atoms with Gasteiger partial charge in [0.05, 0.1) is 0 Å². The minimum absolute atomic E-state index is 0.722. The van der Waals surface area contributed by atoms with Gasteiger partial charge in [0.1, 0.15) is 0 Å². The quantitative estimate of drug-likeness (QED) is 0.562. The molecule has 0 amide bonds. The van der Waals surface area contributed by atoms with Gasteiger partial charge in [-0.3, -0.25) is 0 Å². The van der Waals surface area contributed by atoms with E-state index in [0.717, 1.165) is 33.5 Å². The molecule has 0 aliphatic heterocycles. The first-order valence-electron chi connectivity index (χ1n) is 7.00. The molecule has 104 valence electrons. The molecule has 0 bridgehead atoms. The molecule has 4 aromatic rings. The van der Waals surface area contributed by atoms with Gasteiger partial charge in [0.25, 0.3) is 0 Å². The van der Waals surface area contributed by atoms with Gasteiger partial charge in [-0.1, -0.05) is 24.3 Å². The zero-order chi connectivity index (χ0) is 14.8. The number of benzene rings is 2. The highest BCUT2D eigenvalue weighted by Gasteiger charge is 2.11. The fraction of sp³-hybridized carbons (Fsp3) is 0. The molecule has 4 heteroatoms. The van der Waals surface area contributed by atoms with E-state index in [1.807, 2.05) is 36.4 Å². The summed E-state index contributed by atoms with van der Waals surface area (Å²) in [7, 11) is 0. The summed E-state index contributed by atoms with van der Waals surface area (Å²) in [6, 6.07) is 15.9. The first kappa shape index (κ1) is 12.6. The van der Waals surface area contributed by atoms with Crippen LogP contribution >= 0.6 is 0 Å². The highest BCUT2D eigenvalue weighted by molar-refractivity contribution is 6.03. The van der Waals surface area contributed by atoms with Gasteiger partial charge < -0.3 is 0 Å². The van der Waals surface area contributed by atoms with Crippen molar-refractivity contribution in [2.75, 3.05) is 0 Å². The molecule has 2 aromatic carbocycles. The van der Waals surface area contributed by atoms with Crippen LogP contribution in [0.5, 0.6) is 0 Å². The lowest BCUT2D eigenvalue weighted by Gasteiger charge is -2.09. The van der Waals surface area contributed by atoms with Crippen molar-refractivity contribution in [2.45, 2.75) is 0 Å². The zero-order valence-electron chi connectivity index (χ0n) is 11.7. The van der Waals surface area contributed by atoms with Crippen molar-refractivity contribution in [3.05, 3.63) is 73.3 Å². The van der Waals surface area contributed by atoms with Crippen LogP contribution in [0, 0.1) is 0 Å². The molecule has 4 nitrogen and oxygen atoms in total. The summed E-state index contributed by atoms with van der Waals surface area (Å²) in [5.41, 5.74) is 2.02. The minimum Gasteiger partial charge on any atom is -0.237 e. The molecule has 0 aliphatic carbocycles. The summed E-state index contributed by atoms with van der Waals surface area (Å²) in [5, 5.41) is 2.19. The average Bonchev–Trinajstić information content (AvgIpc) is 2.62. The second kappa shape index (κ2) is 5.33. The van der Waals surface area contributed by atoms with Crippen LogP contribution in [0.25, 0.3) is 33.5 Å². The second-order valence-electron chi connectivity index (χ2n) is 4.85. The van der Waals surface area contributed by atoms with Crippen LogP contribution in [0.1, 0.15) is 0 Å². The monoisotopic (exact) mass is 284 g/mol. The SMILES string of the molecule is c1cnc(-c2ccc(-c3ncccn3)c3ccccc23)nc1. The Bertz CT molecular complexity index is 843. The van der Waals surface area contributed by atoms with Crippen LogP contribution in [0.15, 0.2) is 73.3 Å². The van der Waals surface area contributed by atoms with Gasteiger partial charge in [0.15, 0.2) is 11.6 Å². The predicted molar refractivity (Wildman–Crippen MR) is 86.0 cm³/mol. The minimum atomic E-state index is 0.722. The van der Waals surface area contributed by atoms with Crippen molar-refractivity contribution in [1.29, 1.82) is 0 Å². The fourth-order valence-electron chi connectivity index (χ4n) is 2.57. The molecule has 22 heavy (non-hydrogen) atoms. The number of nitrogens with zero attached hydrogens (tertiary/aromatic N) is 4. The van der Waals surface area contributed by atoms with E-state index in [9.17, 15) is 0 Å². The van der Waals surface area contributed by atoms with Crippen LogP contribution in [0.4, 0.5) is 0 Å². The number of hydrogen-bond donors (Lipinski definition) is 0. The van der Waals surface area contributed by atoms with Crippen LogP contribution in [0.3, 0.4) is 0 Å². The van der Waals surface area contributed by atoms with E-state index >= 15 is 0 Å². The van der Waals surface area contributed by atoms with E-state index < -0.39 is 0 Å². The highest BCUT2D eigenvalue weighted by Crippen LogP contribution is 2.32. The van der Waals surface area contributed by atoms with Crippen molar-refractivity contribution in [3.63, 3.8) is 0 Å². The molecule has 0 atom stereocenters. The molecule has 0 saturated carbocycles. The Kier molecular flexibility index (Phi) is 3.05. The third-order valence-electron chi connectivity index (χ3n) is 3.54. The Morgan fingerprint density at radius 2 is 0.864 bits per heavy atom. The van der Waals surface area contributed by atoms with Crippen LogP contribution in [-0.4, -0.2) is 19.9 Å². The highest BCUT2D eigenvalue weighted by atomic mass is 14.9. The van der Waals surface area contributed by atoms with Crippen molar-refractivity contribution >= 4 is 10.8 Å². The normalized spacial score (nSPS) is 10.7. The van der Waals surface area contributed by atoms with Crippen molar-refractivity contribution in [1.82, 2.24) is 19.9 Å². The Labute approximate surface area is 127 Å².